The number of aromatic nitrogens is 3. The first-order chi connectivity index (χ1) is 15.9. The lowest BCUT2D eigenvalue weighted by atomic mass is 10.2. The SMILES string of the molecule is c1ccc2c(c1)[nH]c1ccccc12.c1ccc2snnc2c1.c1ccsc1.c1ccsc1. The van der Waals surface area contributed by atoms with E-state index in [0.29, 0.717) is 0 Å². The quantitative estimate of drug-likeness (QED) is 0.241. The standard InChI is InChI=1S/C12H9N.C6H4N2S.2C4H4S/c1-3-7-11-9(5-1)10-6-2-4-8-12(10)13-11;1-2-4-6-5(3-1)7-8-9-6;2*1-2-4-5-3-1/h1-8,13H;1-4H;2*1-4H. The van der Waals surface area contributed by atoms with Crippen LogP contribution in [0.2, 0.25) is 0 Å². The molecule has 3 aromatic carbocycles. The van der Waals surface area contributed by atoms with Gasteiger partial charge in [-0.3, -0.25) is 0 Å². The summed E-state index contributed by atoms with van der Waals surface area (Å²) in [6.45, 7) is 0. The van der Waals surface area contributed by atoms with Crippen molar-refractivity contribution >= 4 is 66.2 Å². The van der Waals surface area contributed by atoms with Crippen LogP contribution in [0.1, 0.15) is 0 Å². The molecule has 0 unspecified atom stereocenters. The molecule has 4 heterocycles. The van der Waals surface area contributed by atoms with E-state index in [0.717, 1.165) is 10.2 Å². The van der Waals surface area contributed by atoms with Gasteiger partial charge < -0.3 is 4.98 Å². The van der Waals surface area contributed by atoms with E-state index in [-0.39, 0.29) is 0 Å². The van der Waals surface area contributed by atoms with E-state index >= 15 is 0 Å². The molecule has 158 valence electrons. The second-order valence-corrected chi connectivity index (χ2v) is 8.96. The van der Waals surface area contributed by atoms with Gasteiger partial charge in [-0.25, -0.2) is 0 Å². The van der Waals surface area contributed by atoms with Crippen LogP contribution in [-0.4, -0.2) is 14.6 Å². The van der Waals surface area contributed by atoms with Crippen molar-refractivity contribution in [1.82, 2.24) is 14.6 Å². The third-order valence-corrected chi connectivity index (χ3v) is 6.38. The Morgan fingerprint density at radius 1 is 0.531 bits per heavy atom. The first-order valence-corrected chi connectivity index (χ1v) is 12.6. The van der Waals surface area contributed by atoms with Crippen LogP contribution >= 0.6 is 34.2 Å². The molecule has 0 radical (unpaired) electrons. The van der Waals surface area contributed by atoms with E-state index in [1.165, 1.54) is 33.3 Å². The van der Waals surface area contributed by atoms with E-state index in [9.17, 15) is 0 Å². The summed E-state index contributed by atoms with van der Waals surface area (Å²) in [6, 6.07) is 32.8. The second-order valence-electron chi connectivity index (χ2n) is 6.54. The molecule has 1 N–H and O–H groups in total. The molecule has 3 nitrogen and oxygen atoms in total. The number of hydrogen-bond acceptors (Lipinski definition) is 5. The number of hydrogen-bond donors (Lipinski definition) is 1. The lowest BCUT2D eigenvalue weighted by molar-refractivity contribution is 1.20. The molecule has 0 aliphatic rings. The van der Waals surface area contributed by atoms with Crippen molar-refractivity contribution in [3.05, 3.63) is 119 Å². The Balaban J connectivity index is 0.000000112. The minimum Gasteiger partial charge on any atom is -0.355 e. The van der Waals surface area contributed by atoms with Crippen molar-refractivity contribution in [2.75, 3.05) is 0 Å². The van der Waals surface area contributed by atoms with E-state index in [1.54, 1.807) is 22.7 Å². The number of nitrogens with zero attached hydrogens (tertiary/aromatic N) is 2. The molecule has 0 saturated heterocycles. The molecule has 0 aliphatic heterocycles. The first kappa shape index (κ1) is 21.9. The van der Waals surface area contributed by atoms with Crippen LogP contribution < -0.4 is 0 Å². The summed E-state index contributed by atoms with van der Waals surface area (Å²) in [5.74, 6) is 0. The molecule has 6 heteroatoms. The molecule has 0 aliphatic carbocycles. The van der Waals surface area contributed by atoms with Gasteiger partial charge in [-0.15, -0.1) is 5.10 Å². The Kier molecular flexibility index (Phi) is 8.15. The van der Waals surface area contributed by atoms with E-state index in [4.69, 9.17) is 0 Å². The van der Waals surface area contributed by atoms with Gasteiger partial charge in [-0.1, -0.05) is 77.3 Å². The van der Waals surface area contributed by atoms with Gasteiger partial charge in [0.15, 0.2) is 0 Å². The minimum atomic E-state index is 0.988. The van der Waals surface area contributed by atoms with Gasteiger partial charge in [-0.2, -0.15) is 22.7 Å². The van der Waals surface area contributed by atoms with Crippen LogP contribution in [0.15, 0.2) is 119 Å². The first-order valence-electron chi connectivity index (χ1n) is 9.99. The monoisotopic (exact) mass is 471 g/mol. The molecule has 0 amide bonds. The molecular weight excluding hydrogens is 451 g/mol. The molecule has 32 heavy (non-hydrogen) atoms. The van der Waals surface area contributed by atoms with Crippen molar-refractivity contribution in [3.8, 4) is 0 Å². The second kappa shape index (κ2) is 11.9. The van der Waals surface area contributed by atoms with E-state index < -0.39 is 0 Å². The number of benzene rings is 3. The van der Waals surface area contributed by atoms with Crippen molar-refractivity contribution < 1.29 is 0 Å². The summed E-state index contributed by atoms with van der Waals surface area (Å²) in [5, 5.41) is 14.7. The maximum absolute atomic E-state index is 3.89. The Hall–Kier alpha value is -3.32. The van der Waals surface area contributed by atoms with Crippen molar-refractivity contribution in [3.63, 3.8) is 0 Å². The summed E-state index contributed by atoms with van der Waals surface area (Å²) in [6.07, 6.45) is 0. The van der Waals surface area contributed by atoms with E-state index in [2.05, 4.69) is 63.1 Å². The lowest BCUT2D eigenvalue weighted by Crippen LogP contribution is -1.63. The van der Waals surface area contributed by atoms with Gasteiger partial charge >= 0.3 is 0 Å². The zero-order valence-corrected chi connectivity index (χ0v) is 19.6. The molecular formula is C26H21N3S3. The van der Waals surface area contributed by atoms with Gasteiger partial charge in [0.25, 0.3) is 0 Å². The Bertz CT molecular complexity index is 1290. The van der Waals surface area contributed by atoms with Gasteiger partial charge in [0, 0.05) is 21.8 Å². The zero-order valence-electron chi connectivity index (χ0n) is 17.2. The number of fused-ring (bicyclic) bond motifs is 4. The predicted molar refractivity (Wildman–Crippen MR) is 142 cm³/mol. The zero-order chi connectivity index (χ0) is 21.8. The Labute approximate surface area is 198 Å². The number of nitrogens with one attached hydrogen (secondary N) is 1. The van der Waals surface area contributed by atoms with Gasteiger partial charge in [-0.05, 0) is 57.3 Å². The highest BCUT2D eigenvalue weighted by atomic mass is 32.1. The van der Waals surface area contributed by atoms with Gasteiger partial charge in [0.05, 0.1) is 4.70 Å². The summed E-state index contributed by atoms with van der Waals surface area (Å²) < 4.78 is 4.94. The predicted octanol–water partition coefficient (Wildman–Crippen LogP) is 8.51. The van der Waals surface area contributed by atoms with Crippen LogP contribution in [0.4, 0.5) is 0 Å². The molecule has 0 atom stereocenters. The van der Waals surface area contributed by atoms with Crippen LogP contribution in [0, 0.1) is 0 Å². The summed E-state index contributed by atoms with van der Waals surface area (Å²) in [7, 11) is 0. The van der Waals surface area contributed by atoms with Crippen molar-refractivity contribution in [1.29, 1.82) is 0 Å². The highest BCUT2D eigenvalue weighted by molar-refractivity contribution is 7.12. The fourth-order valence-corrected chi connectivity index (χ4v) is 4.44. The molecule has 4 aromatic heterocycles. The molecule has 0 bridgehead atoms. The number of rotatable bonds is 0. The summed E-state index contributed by atoms with van der Waals surface area (Å²) in [4.78, 5) is 3.38. The summed E-state index contributed by atoms with van der Waals surface area (Å²) in [5.41, 5.74) is 3.41. The Morgan fingerprint density at radius 3 is 1.53 bits per heavy atom. The highest BCUT2D eigenvalue weighted by Crippen LogP contribution is 2.24. The van der Waals surface area contributed by atoms with Crippen LogP contribution in [0.5, 0.6) is 0 Å². The number of H-pyrrole nitrogens is 1. The number of para-hydroxylation sites is 2. The van der Waals surface area contributed by atoms with Crippen LogP contribution in [0.3, 0.4) is 0 Å². The van der Waals surface area contributed by atoms with Gasteiger partial charge in [0.1, 0.15) is 5.52 Å². The van der Waals surface area contributed by atoms with Crippen molar-refractivity contribution in [2.45, 2.75) is 0 Å². The smallest absolute Gasteiger partial charge is 0.105 e. The third-order valence-electron chi connectivity index (χ3n) is 4.42. The fraction of sp³-hybridized carbons (Fsp3) is 0. The minimum absolute atomic E-state index is 0.988. The maximum Gasteiger partial charge on any atom is 0.105 e. The largest absolute Gasteiger partial charge is 0.355 e. The fourth-order valence-electron chi connectivity index (χ4n) is 2.98. The van der Waals surface area contributed by atoms with Gasteiger partial charge in [0.2, 0.25) is 0 Å². The van der Waals surface area contributed by atoms with Crippen molar-refractivity contribution in [2.24, 2.45) is 0 Å². The van der Waals surface area contributed by atoms with Crippen LogP contribution in [0.25, 0.3) is 32.0 Å². The topological polar surface area (TPSA) is 41.6 Å². The van der Waals surface area contributed by atoms with Crippen LogP contribution in [-0.2, 0) is 0 Å². The molecule has 0 fully saturated rings. The molecule has 7 aromatic rings. The highest BCUT2D eigenvalue weighted by Gasteiger charge is 2.00. The molecule has 0 spiro atoms. The normalized spacial score (nSPS) is 9.88. The average Bonchev–Trinajstić information content (AvgIpc) is 3.68. The lowest BCUT2D eigenvalue weighted by Gasteiger charge is -1.87. The Morgan fingerprint density at radius 2 is 1.03 bits per heavy atom. The molecule has 7 rings (SSSR count). The third kappa shape index (κ3) is 6.11. The number of thiophene rings is 2. The van der Waals surface area contributed by atoms with E-state index in [1.807, 2.05) is 70.1 Å². The average molecular weight is 472 g/mol. The number of aromatic amines is 1. The maximum atomic E-state index is 3.89. The summed E-state index contributed by atoms with van der Waals surface area (Å²) >= 11 is 4.85. The molecule has 0 saturated carbocycles.